The van der Waals surface area contributed by atoms with Gasteiger partial charge in [-0.25, -0.2) is 9.97 Å². The summed E-state index contributed by atoms with van der Waals surface area (Å²) in [4.78, 5) is 10.6. The van der Waals surface area contributed by atoms with Crippen LogP contribution in [0, 0.1) is 0 Å². The molecule has 0 N–H and O–H groups in total. The molecular formula is C8H11N3. The van der Waals surface area contributed by atoms with Crippen molar-refractivity contribution in [3.63, 3.8) is 0 Å². The third kappa shape index (κ3) is 1.31. The third-order valence-corrected chi connectivity index (χ3v) is 1.94. The topological polar surface area (TPSA) is 29.0 Å². The lowest BCUT2D eigenvalue weighted by atomic mass is 10.4. The lowest BCUT2D eigenvalue weighted by Crippen LogP contribution is -2.19. The molecule has 11 heavy (non-hydrogen) atoms. The summed E-state index contributed by atoms with van der Waals surface area (Å²) in [6.45, 7) is 2.23. The summed E-state index contributed by atoms with van der Waals surface area (Å²) in [5.74, 6) is 0.880. The summed E-state index contributed by atoms with van der Waals surface area (Å²) < 4.78 is 0. The molecule has 0 atom stereocenters. The average molecular weight is 149 g/mol. The van der Waals surface area contributed by atoms with Crippen LogP contribution in [0.1, 0.15) is 12.8 Å². The second-order valence-electron chi connectivity index (χ2n) is 2.74. The van der Waals surface area contributed by atoms with Crippen molar-refractivity contribution in [1.29, 1.82) is 0 Å². The minimum Gasteiger partial charge on any atom is -0.341 e. The molecule has 1 fully saturated rings. The van der Waals surface area contributed by atoms with Gasteiger partial charge >= 0.3 is 0 Å². The Morgan fingerprint density at radius 1 is 1.09 bits per heavy atom. The van der Waals surface area contributed by atoms with Crippen molar-refractivity contribution in [2.24, 2.45) is 0 Å². The van der Waals surface area contributed by atoms with Gasteiger partial charge in [-0.3, -0.25) is 0 Å². The fraction of sp³-hybridized carbons (Fsp3) is 0.500. The number of anilines is 1. The lowest BCUT2D eigenvalue weighted by Gasteiger charge is -2.13. The normalized spacial score (nSPS) is 17.3. The molecule has 3 nitrogen and oxygen atoms in total. The van der Waals surface area contributed by atoms with Gasteiger partial charge in [0.2, 0.25) is 5.95 Å². The molecule has 1 saturated heterocycles. The SMILES string of the molecule is c1cnc(N2CCCC2)nc1. The zero-order valence-electron chi connectivity index (χ0n) is 6.40. The van der Waals surface area contributed by atoms with Crippen molar-refractivity contribution in [1.82, 2.24) is 9.97 Å². The van der Waals surface area contributed by atoms with Crippen LogP contribution < -0.4 is 4.90 Å². The van der Waals surface area contributed by atoms with Crippen molar-refractivity contribution in [3.8, 4) is 0 Å². The highest BCUT2D eigenvalue weighted by Crippen LogP contribution is 2.13. The molecule has 2 rings (SSSR count). The monoisotopic (exact) mass is 149 g/mol. The van der Waals surface area contributed by atoms with E-state index < -0.39 is 0 Å². The van der Waals surface area contributed by atoms with Gasteiger partial charge in [-0.2, -0.15) is 0 Å². The highest BCUT2D eigenvalue weighted by Gasteiger charge is 2.13. The van der Waals surface area contributed by atoms with E-state index in [1.165, 1.54) is 12.8 Å². The Hall–Kier alpha value is -1.12. The van der Waals surface area contributed by atoms with E-state index in [0.29, 0.717) is 0 Å². The van der Waals surface area contributed by atoms with Crippen LogP contribution in [0.25, 0.3) is 0 Å². The van der Waals surface area contributed by atoms with E-state index in [4.69, 9.17) is 0 Å². The second kappa shape index (κ2) is 2.86. The minimum absolute atomic E-state index is 0.880. The number of aromatic nitrogens is 2. The summed E-state index contributed by atoms with van der Waals surface area (Å²) in [7, 11) is 0. The maximum Gasteiger partial charge on any atom is 0.225 e. The molecule has 1 aliphatic heterocycles. The Morgan fingerprint density at radius 3 is 2.36 bits per heavy atom. The van der Waals surface area contributed by atoms with Gasteiger partial charge in [0.05, 0.1) is 0 Å². The highest BCUT2D eigenvalue weighted by molar-refractivity contribution is 5.29. The molecule has 0 radical (unpaired) electrons. The molecular weight excluding hydrogens is 138 g/mol. The minimum atomic E-state index is 0.880. The zero-order chi connectivity index (χ0) is 7.52. The fourth-order valence-corrected chi connectivity index (χ4v) is 1.37. The molecule has 2 heterocycles. The Labute approximate surface area is 66.1 Å². The molecule has 0 unspecified atom stereocenters. The van der Waals surface area contributed by atoms with Crippen LogP contribution in [0.5, 0.6) is 0 Å². The molecule has 1 aliphatic rings. The first-order chi connectivity index (χ1) is 5.47. The molecule has 0 aliphatic carbocycles. The van der Waals surface area contributed by atoms with Crippen molar-refractivity contribution >= 4 is 5.95 Å². The number of hydrogen-bond donors (Lipinski definition) is 0. The molecule has 1 aromatic heterocycles. The fourth-order valence-electron chi connectivity index (χ4n) is 1.37. The van der Waals surface area contributed by atoms with Gasteiger partial charge in [0, 0.05) is 25.5 Å². The first-order valence-electron chi connectivity index (χ1n) is 3.99. The van der Waals surface area contributed by atoms with Crippen LogP contribution in [0.4, 0.5) is 5.95 Å². The summed E-state index contributed by atoms with van der Waals surface area (Å²) in [5.41, 5.74) is 0. The Balaban J connectivity index is 2.16. The predicted octanol–water partition coefficient (Wildman–Crippen LogP) is 1.08. The Morgan fingerprint density at radius 2 is 1.73 bits per heavy atom. The first-order valence-corrected chi connectivity index (χ1v) is 3.99. The number of rotatable bonds is 1. The van der Waals surface area contributed by atoms with Crippen LogP contribution in [-0.4, -0.2) is 23.1 Å². The molecule has 58 valence electrons. The molecule has 0 amide bonds. The average Bonchev–Trinajstić information content (AvgIpc) is 2.58. The Bertz CT molecular complexity index is 216. The van der Waals surface area contributed by atoms with E-state index in [1.807, 2.05) is 6.07 Å². The Kier molecular flexibility index (Phi) is 1.71. The van der Waals surface area contributed by atoms with Gasteiger partial charge < -0.3 is 4.90 Å². The maximum absolute atomic E-state index is 4.18. The van der Waals surface area contributed by atoms with Crippen molar-refractivity contribution in [3.05, 3.63) is 18.5 Å². The van der Waals surface area contributed by atoms with Gasteiger partial charge in [0.25, 0.3) is 0 Å². The summed E-state index contributed by atoms with van der Waals surface area (Å²) in [5, 5.41) is 0. The van der Waals surface area contributed by atoms with Crippen LogP contribution in [0.3, 0.4) is 0 Å². The molecule has 0 aromatic carbocycles. The first kappa shape index (κ1) is 6.58. The van der Waals surface area contributed by atoms with Crippen LogP contribution in [0.15, 0.2) is 18.5 Å². The molecule has 0 bridgehead atoms. The summed E-state index contributed by atoms with van der Waals surface area (Å²) >= 11 is 0. The van der Waals surface area contributed by atoms with Crippen LogP contribution in [0.2, 0.25) is 0 Å². The quantitative estimate of drug-likeness (QED) is 0.598. The van der Waals surface area contributed by atoms with Crippen molar-refractivity contribution in [2.45, 2.75) is 12.8 Å². The van der Waals surface area contributed by atoms with Crippen LogP contribution in [-0.2, 0) is 0 Å². The van der Waals surface area contributed by atoms with Crippen molar-refractivity contribution in [2.75, 3.05) is 18.0 Å². The van der Waals surface area contributed by atoms with E-state index in [1.54, 1.807) is 12.4 Å². The second-order valence-corrected chi connectivity index (χ2v) is 2.74. The molecule has 1 aromatic rings. The van der Waals surface area contributed by atoms with Crippen LogP contribution >= 0.6 is 0 Å². The molecule has 3 heteroatoms. The molecule has 0 spiro atoms. The number of nitrogens with zero attached hydrogens (tertiary/aromatic N) is 3. The van der Waals surface area contributed by atoms with Gasteiger partial charge in [-0.1, -0.05) is 0 Å². The summed E-state index contributed by atoms with van der Waals surface area (Å²) in [6, 6.07) is 1.85. The van der Waals surface area contributed by atoms with Crippen molar-refractivity contribution < 1.29 is 0 Å². The molecule has 0 saturated carbocycles. The standard InChI is InChI=1S/C8H11N3/c1-2-7-11(6-1)8-9-4-3-5-10-8/h3-5H,1-2,6-7H2. The van der Waals surface area contributed by atoms with Gasteiger partial charge in [-0.15, -0.1) is 0 Å². The third-order valence-electron chi connectivity index (χ3n) is 1.94. The number of hydrogen-bond acceptors (Lipinski definition) is 3. The van der Waals surface area contributed by atoms with E-state index in [9.17, 15) is 0 Å². The zero-order valence-corrected chi connectivity index (χ0v) is 6.40. The van der Waals surface area contributed by atoms with Gasteiger partial charge in [0.15, 0.2) is 0 Å². The van der Waals surface area contributed by atoms with E-state index in [-0.39, 0.29) is 0 Å². The maximum atomic E-state index is 4.18. The smallest absolute Gasteiger partial charge is 0.225 e. The van der Waals surface area contributed by atoms with Gasteiger partial charge in [0.1, 0.15) is 0 Å². The van der Waals surface area contributed by atoms with E-state index in [2.05, 4.69) is 14.9 Å². The van der Waals surface area contributed by atoms with Gasteiger partial charge in [-0.05, 0) is 18.9 Å². The highest BCUT2D eigenvalue weighted by atomic mass is 15.3. The predicted molar refractivity (Wildman–Crippen MR) is 43.5 cm³/mol. The van der Waals surface area contributed by atoms with E-state index in [0.717, 1.165) is 19.0 Å². The lowest BCUT2D eigenvalue weighted by molar-refractivity contribution is 0.898. The summed E-state index contributed by atoms with van der Waals surface area (Å²) in [6.07, 6.45) is 6.14. The largest absolute Gasteiger partial charge is 0.341 e. The van der Waals surface area contributed by atoms with E-state index >= 15 is 0 Å².